The second-order valence-corrected chi connectivity index (χ2v) is 6.00. The van der Waals surface area contributed by atoms with Crippen molar-refractivity contribution in [2.75, 3.05) is 0 Å². The first kappa shape index (κ1) is 15.4. The maximum atomic E-state index is 12.5. The summed E-state index contributed by atoms with van der Waals surface area (Å²) < 4.78 is 7.50. The zero-order valence-electron chi connectivity index (χ0n) is 13.6. The predicted molar refractivity (Wildman–Crippen MR) is 92.0 cm³/mol. The second kappa shape index (κ2) is 6.76. The van der Waals surface area contributed by atoms with Crippen molar-refractivity contribution in [1.82, 2.24) is 20.1 Å². The first-order valence-electron chi connectivity index (χ1n) is 8.21. The molecule has 1 N–H and O–H groups in total. The van der Waals surface area contributed by atoms with Crippen molar-refractivity contribution in [3.8, 4) is 5.75 Å². The van der Waals surface area contributed by atoms with Crippen LogP contribution in [0.5, 0.6) is 5.75 Å². The molecular weight excluding hydrogens is 316 g/mol. The van der Waals surface area contributed by atoms with Crippen LogP contribution in [0.25, 0.3) is 0 Å². The average molecular weight is 334 g/mol. The van der Waals surface area contributed by atoms with Gasteiger partial charge < -0.3 is 10.1 Å². The first-order valence-corrected chi connectivity index (χ1v) is 8.21. The molecule has 0 saturated heterocycles. The molecule has 0 spiro atoms. The summed E-state index contributed by atoms with van der Waals surface area (Å²) in [7, 11) is 0. The number of para-hydroxylation sites is 1. The second-order valence-electron chi connectivity index (χ2n) is 6.00. The molecule has 0 aliphatic carbocycles. The van der Waals surface area contributed by atoms with Crippen LogP contribution >= 0.6 is 0 Å². The van der Waals surface area contributed by atoms with Crippen LogP contribution in [-0.4, -0.2) is 26.8 Å². The summed E-state index contributed by atoms with van der Waals surface area (Å²) in [6.45, 7) is 1.08. The minimum atomic E-state index is -0.458. The molecule has 3 aromatic rings. The van der Waals surface area contributed by atoms with Gasteiger partial charge in [-0.2, -0.15) is 5.10 Å². The Balaban J connectivity index is 1.40. The molecule has 126 valence electrons. The van der Waals surface area contributed by atoms with Crippen LogP contribution in [0.3, 0.4) is 0 Å². The van der Waals surface area contributed by atoms with E-state index < -0.39 is 6.10 Å². The Morgan fingerprint density at radius 2 is 1.96 bits per heavy atom. The van der Waals surface area contributed by atoms with E-state index in [-0.39, 0.29) is 5.91 Å². The van der Waals surface area contributed by atoms with Crippen molar-refractivity contribution in [3.63, 3.8) is 0 Å². The highest BCUT2D eigenvalue weighted by Crippen LogP contribution is 2.28. The van der Waals surface area contributed by atoms with Gasteiger partial charge in [-0.3, -0.25) is 4.79 Å². The van der Waals surface area contributed by atoms with Crippen LogP contribution < -0.4 is 10.1 Å². The van der Waals surface area contributed by atoms with Crippen LogP contribution in [0.1, 0.15) is 16.7 Å². The Kier molecular flexibility index (Phi) is 4.16. The highest BCUT2D eigenvalue weighted by Gasteiger charge is 2.28. The van der Waals surface area contributed by atoms with E-state index in [0.29, 0.717) is 19.5 Å². The van der Waals surface area contributed by atoms with Gasteiger partial charge in [0, 0.05) is 13.0 Å². The summed E-state index contributed by atoms with van der Waals surface area (Å²) in [5.41, 5.74) is 3.24. The van der Waals surface area contributed by atoms with Crippen molar-refractivity contribution in [3.05, 3.63) is 77.9 Å². The maximum absolute atomic E-state index is 12.5. The van der Waals surface area contributed by atoms with E-state index in [4.69, 9.17) is 4.74 Å². The summed E-state index contributed by atoms with van der Waals surface area (Å²) in [6, 6.07) is 15.8. The lowest BCUT2D eigenvalue weighted by Crippen LogP contribution is -2.37. The minimum Gasteiger partial charge on any atom is -0.480 e. The molecule has 6 nitrogen and oxygen atoms in total. The van der Waals surface area contributed by atoms with E-state index in [1.807, 2.05) is 48.5 Å². The predicted octanol–water partition coefficient (Wildman–Crippen LogP) is 1.95. The first-order chi connectivity index (χ1) is 12.3. The number of carbonyl (C=O) groups is 1. The Labute approximate surface area is 145 Å². The van der Waals surface area contributed by atoms with Gasteiger partial charge in [0.15, 0.2) is 6.10 Å². The van der Waals surface area contributed by atoms with Crippen molar-refractivity contribution in [2.24, 2.45) is 0 Å². The van der Waals surface area contributed by atoms with Crippen LogP contribution in [0.2, 0.25) is 0 Å². The Bertz CT molecular complexity index is 852. The third kappa shape index (κ3) is 3.38. The van der Waals surface area contributed by atoms with Crippen LogP contribution in [0.15, 0.2) is 61.2 Å². The van der Waals surface area contributed by atoms with E-state index in [9.17, 15) is 4.79 Å². The molecule has 25 heavy (non-hydrogen) atoms. The lowest BCUT2D eigenvalue weighted by atomic mass is 10.1. The van der Waals surface area contributed by atoms with Crippen LogP contribution in [0.4, 0.5) is 0 Å². The summed E-state index contributed by atoms with van der Waals surface area (Å²) >= 11 is 0. The lowest BCUT2D eigenvalue weighted by Gasteiger charge is -2.13. The molecule has 1 amide bonds. The number of hydrogen-bond donors (Lipinski definition) is 1. The van der Waals surface area contributed by atoms with Crippen molar-refractivity contribution in [2.45, 2.75) is 25.6 Å². The molecule has 2 heterocycles. The van der Waals surface area contributed by atoms with Gasteiger partial charge in [0.25, 0.3) is 5.91 Å². The van der Waals surface area contributed by atoms with Gasteiger partial charge in [-0.1, -0.05) is 42.5 Å². The monoisotopic (exact) mass is 334 g/mol. The SMILES string of the molecule is O=C(NCc1ccccc1Cn1cncn1)[C@H]1Cc2ccccc2O1. The number of rotatable bonds is 5. The molecular formula is C19H18N4O2. The largest absolute Gasteiger partial charge is 0.480 e. The van der Waals surface area contributed by atoms with Gasteiger partial charge in [0.2, 0.25) is 0 Å². The Morgan fingerprint density at radius 1 is 1.16 bits per heavy atom. The molecule has 0 unspecified atom stereocenters. The number of nitrogens with one attached hydrogen (secondary N) is 1. The van der Waals surface area contributed by atoms with Gasteiger partial charge >= 0.3 is 0 Å². The number of nitrogens with zero attached hydrogens (tertiary/aromatic N) is 3. The number of benzene rings is 2. The van der Waals surface area contributed by atoms with E-state index in [1.165, 1.54) is 6.33 Å². The van der Waals surface area contributed by atoms with Crippen LogP contribution in [-0.2, 0) is 24.3 Å². The summed E-state index contributed by atoms with van der Waals surface area (Å²) in [5.74, 6) is 0.709. The maximum Gasteiger partial charge on any atom is 0.261 e. The number of fused-ring (bicyclic) bond motifs is 1. The zero-order chi connectivity index (χ0) is 17.1. The molecule has 0 bridgehead atoms. The number of hydrogen-bond acceptors (Lipinski definition) is 4. The fourth-order valence-corrected chi connectivity index (χ4v) is 3.00. The third-order valence-corrected chi connectivity index (χ3v) is 4.31. The Morgan fingerprint density at radius 3 is 2.76 bits per heavy atom. The molecule has 1 aliphatic rings. The number of carbonyl (C=O) groups excluding carboxylic acids is 1. The molecule has 0 radical (unpaired) electrons. The number of ether oxygens (including phenoxy) is 1. The average Bonchev–Trinajstić information content (AvgIpc) is 3.30. The minimum absolute atomic E-state index is 0.0910. The molecule has 1 aromatic heterocycles. The van der Waals surface area contributed by atoms with E-state index in [1.54, 1.807) is 11.0 Å². The molecule has 2 aromatic carbocycles. The van der Waals surface area contributed by atoms with E-state index in [2.05, 4.69) is 15.4 Å². The van der Waals surface area contributed by atoms with Gasteiger partial charge in [-0.15, -0.1) is 0 Å². The molecule has 0 saturated carbocycles. The third-order valence-electron chi connectivity index (χ3n) is 4.31. The zero-order valence-corrected chi connectivity index (χ0v) is 13.6. The normalized spacial score (nSPS) is 15.4. The van der Waals surface area contributed by atoms with Crippen molar-refractivity contribution >= 4 is 5.91 Å². The highest BCUT2D eigenvalue weighted by atomic mass is 16.5. The lowest BCUT2D eigenvalue weighted by molar-refractivity contribution is -0.127. The summed E-state index contributed by atoms with van der Waals surface area (Å²) in [6.07, 6.45) is 3.35. The molecule has 1 atom stereocenters. The van der Waals surface area contributed by atoms with Gasteiger partial charge in [0.1, 0.15) is 18.4 Å². The van der Waals surface area contributed by atoms with Gasteiger partial charge in [-0.25, -0.2) is 9.67 Å². The van der Waals surface area contributed by atoms with E-state index in [0.717, 1.165) is 22.4 Å². The number of aromatic nitrogens is 3. The molecule has 6 heteroatoms. The standard InChI is InChI=1S/C19H18N4O2/c24-19(18-9-14-5-3-4-8-17(14)25-18)21-10-15-6-1-2-7-16(15)11-23-13-20-12-22-23/h1-8,12-13,18H,9-11H2,(H,21,24)/t18-/m1/s1. The summed E-state index contributed by atoms with van der Waals surface area (Å²) in [5, 5.41) is 7.12. The van der Waals surface area contributed by atoms with Crippen molar-refractivity contribution < 1.29 is 9.53 Å². The smallest absolute Gasteiger partial charge is 0.261 e. The highest BCUT2D eigenvalue weighted by molar-refractivity contribution is 5.82. The van der Waals surface area contributed by atoms with Crippen molar-refractivity contribution in [1.29, 1.82) is 0 Å². The topological polar surface area (TPSA) is 69.0 Å². The fourth-order valence-electron chi connectivity index (χ4n) is 3.00. The molecule has 0 fully saturated rings. The van der Waals surface area contributed by atoms with E-state index >= 15 is 0 Å². The molecule has 4 rings (SSSR count). The number of amides is 1. The fraction of sp³-hybridized carbons (Fsp3) is 0.211. The Hall–Kier alpha value is -3.15. The van der Waals surface area contributed by atoms with Crippen LogP contribution in [0, 0.1) is 0 Å². The van der Waals surface area contributed by atoms with Gasteiger partial charge in [-0.05, 0) is 22.8 Å². The van der Waals surface area contributed by atoms with Gasteiger partial charge in [0.05, 0.1) is 6.54 Å². The summed E-state index contributed by atoms with van der Waals surface area (Å²) in [4.78, 5) is 16.4. The molecule has 1 aliphatic heterocycles. The quantitative estimate of drug-likeness (QED) is 0.774.